The van der Waals surface area contributed by atoms with Gasteiger partial charge < -0.3 is 0 Å². The number of alkyl halides is 6. The fourth-order valence-corrected chi connectivity index (χ4v) is 3.72. The molecule has 0 unspecified atom stereocenters. The van der Waals surface area contributed by atoms with Crippen LogP contribution >= 0.6 is 0 Å². The van der Waals surface area contributed by atoms with Crippen LogP contribution in [0.2, 0.25) is 0 Å². The van der Waals surface area contributed by atoms with E-state index in [4.69, 9.17) is 0 Å². The minimum absolute atomic E-state index is 0.141. The zero-order valence-electron chi connectivity index (χ0n) is 15.1. The van der Waals surface area contributed by atoms with E-state index in [1.807, 2.05) is 4.72 Å². The Bertz CT molecular complexity index is 1140. The molecule has 0 atom stereocenters. The summed E-state index contributed by atoms with van der Waals surface area (Å²) < 4.78 is 107. The van der Waals surface area contributed by atoms with Crippen LogP contribution in [0.3, 0.4) is 0 Å². The Hall–Kier alpha value is -3.02. The highest BCUT2D eigenvalue weighted by Crippen LogP contribution is 2.37. The summed E-state index contributed by atoms with van der Waals surface area (Å²) in [6.45, 7) is 1.54. The summed E-state index contributed by atoms with van der Waals surface area (Å²) in [6, 6.07) is 9.62. The second-order valence-electron chi connectivity index (χ2n) is 6.27. The maximum atomic E-state index is 13.0. The molecular weight excluding hydrogens is 436 g/mol. The number of hydrogen-bond donors (Lipinski definition) is 1. The number of para-hydroxylation sites is 1. The van der Waals surface area contributed by atoms with Gasteiger partial charge in [-0.1, -0.05) is 18.2 Å². The van der Waals surface area contributed by atoms with Crippen LogP contribution in [0.1, 0.15) is 16.8 Å². The van der Waals surface area contributed by atoms with Gasteiger partial charge in [-0.3, -0.25) is 4.72 Å². The maximum Gasteiger partial charge on any atom is 0.416 e. The summed E-state index contributed by atoms with van der Waals surface area (Å²) in [7, 11) is -4.81. The first-order valence-electron chi connectivity index (χ1n) is 8.22. The molecule has 0 radical (unpaired) electrons. The number of sulfonamides is 1. The van der Waals surface area contributed by atoms with Crippen molar-refractivity contribution in [2.75, 3.05) is 4.72 Å². The molecule has 1 heterocycles. The Kier molecular flexibility index (Phi) is 5.31. The zero-order valence-corrected chi connectivity index (χ0v) is 15.9. The molecule has 5 nitrogen and oxygen atoms in total. The molecule has 2 aromatic carbocycles. The van der Waals surface area contributed by atoms with Gasteiger partial charge in [-0.15, -0.1) is 0 Å². The fourth-order valence-electron chi connectivity index (χ4n) is 2.62. The summed E-state index contributed by atoms with van der Waals surface area (Å²) >= 11 is 0. The minimum atomic E-state index is -5.17. The van der Waals surface area contributed by atoms with E-state index in [-0.39, 0.29) is 24.0 Å². The van der Waals surface area contributed by atoms with Crippen molar-refractivity contribution in [3.63, 3.8) is 0 Å². The van der Waals surface area contributed by atoms with Gasteiger partial charge in [0.2, 0.25) is 0 Å². The lowest BCUT2D eigenvalue weighted by Crippen LogP contribution is -2.19. The largest absolute Gasteiger partial charge is 0.416 e. The molecule has 0 aliphatic rings. The SMILES string of the molecule is Cc1cc(NS(=O)(=O)c2cc(C(F)(F)F)cc(C(F)(F)F)c2)n(-c2ccccc2)n1. The zero-order chi connectivity index (χ0) is 22.3. The lowest BCUT2D eigenvalue weighted by atomic mass is 10.1. The van der Waals surface area contributed by atoms with Crippen LogP contribution in [0.15, 0.2) is 59.5 Å². The number of aryl methyl sites for hydroxylation is 1. The van der Waals surface area contributed by atoms with Crippen molar-refractivity contribution >= 4 is 15.8 Å². The monoisotopic (exact) mass is 449 g/mol. The standard InChI is InChI=1S/C18H13F6N3O2S/c1-11-7-16(27(25-11)14-5-3-2-4-6-14)26-30(28,29)15-9-12(17(19,20)21)8-13(10-15)18(22,23)24/h2-10,26H,1H3. The second-order valence-corrected chi connectivity index (χ2v) is 7.95. The van der Waals surface area contributed by atoms with Gasteiger partial charge in [0.1, 0.15) is 5.82 Å². The first kappa shape index (κ1) is 21.7. The fraction of sp³-hybridized carbons (Fsp3) is 0.167. The van der Waals surface area contributed by atoms with Crippen molar-refractivity contribution in [2.24, 2.45) is 0 Å². The number of benzene rings is 2. The molecule has 3 rings (SSSR count). The third kappa shape index (κ3) is 4.58. The van der Waals surface area contributed by atoms with E-state index in [0.717, 1.165) is 0 Å². The van der Waals surface area contributed by atoms with E-state index in [1.54, 1.807) is 37.3 Å². The molecule has 0 aliphatic heterocycles. The van der Waals surface area contributed by atoms with E-state index in [1.165, 1.54) is 10.7 Å². The molecule has 0 spiro atoms. The van der Waals surface area contributed by atoms with Crippen molar-refractivity contribution in [2.45, 2.75) is 24.2 Å². The van der Waals surface area contributed by atoms with E-state index < -0.39 is 38.4 Å². The lowest BCUT2D eigenvalue weighted by molar-refractivity contribution is -0.143. The number of nitrogens with zero attached hydrogens (tertiary/aromatic N) is 2. The van der Waals surface area contributed by atoms with Gasteiger partial charge in [0, 0.05) is 6.07 Å². The van der Waals surface area contributed by atoms with E-state index >= 15 is 0 Å². The molecule has 12 heteroatoms. The molecule has 3 aromatic rings. The van der Waals surface area contributed by atoms with Crippen molar-refractivity contribution in [1.29, 1.82) is 0 Å². The molecule has 160 valence electrons. The lowest BCUT2D eigenvalue weighted by Gasteiger charge is -2.15. The first-order valence-corrected chi connectivity index (χ1v) is 9.70. The van der Waals surface area contributed by atoms with Crippen LogP contribution in [-0.4, -0.2) is 18.2 Å². The summed E-state index contributed by atoms with van der Waals surface area (Å²) in [5.41, 5.74) is -2.66. The van der Waals surface area contributed by atoms with Crippen molar-refractivity contribution < 1.29 is 34.8 Å². The molecule has 0 fully saturated rings. The second kappa shape index (κ2) is 7.35. The number of anilines is 1. The van der Waals surface area contributed by atoms with Crippen LogP contribution in [0.4, 0.5) is 32.2 Å². The van der Waals surface area contributed by atoms with E-state index in [0.29, 0.717) is 11.4 Å². The van der Waals surface area contributed by atoms with Crippen LogP contribution in [0.5, 0.6) is 0 Å². The molecular formula is C18H13F6N3O2S. The highest BCUT2D eigenvalue weighted by Gasteiger charge is 2.38. The van der Waals surface area contributed by atoms with Crippen molar-refractivity contribution in [3.8, 4) is 5.69 Å². The third-order valence-electron chi connectivity index (χ3n) is 3.94. The van der Waals surface area contributed by atoms with Crippen molar-refractivity contribution in [1.82, 2.24) is 9.78 Å². The number of hydrogen-bond acceptors (Lipinski definition) is 3. The molecule has 1 aromatic heterocycles. The Balaban J connectivity index is 2.10. The number of nitrogens with one attached hydrogen (secondary N) is 1. The normalized spacial score (nSPS) is 12.8. The van der Waals surface area contributed by atoms with Gasteiger partial charge in [-0.05, 0) is 37.3 Å². The van der Waals surface area contributed by atoms with Gasteiger partial charge in [0.05, 0.1) is 27.4 Å². The predicted octanol–water partition coefficient (Wildman–Crippen LogP) is 5.02. The molecule has 0 amide bonds. The highest BCUT2D eigenvalue weighted by atomic mass is 32.2. The van der Waals surface area contributed by atoms with Gasteiger partial charge in [0.25, 0.3) is 10.0 Å². The van der Waals surface area contributed by atoms with E-state index in [2.05, 4.69) is 5.10 Å². The van der Waals surface area contributed by atoms with Crippen molar-refractivity contribution in [3.05, 3.63) is 71.4 Å². The number of aromatic nitrogens is 2. The molecule has 30 heavy (non-hydrogen) atoms. The smallest absolute Gasteiger partial charge is 0.263 e. The number of rotatable bonds is 4. The minimum Gasteiger partial charge on any atom is -0.263 e. The predicted molar refractivity (Wildman–Crippen MR) is 95.6 cm³/mol. The summed E-state index contributed by atoms with van der Waals surface area (Å²) in [4.78, 5) is -1.18. The van der Waals surface area contributed by atoms with Crippen LogP contribution in [-0.2, 0) is 22.4 Å². The Labute approximate surface area is 167 Å². The molecule has 0 saturated carbocycles. The highest BCUT2D eigenvalue weighted by molar-refractivity contribution is 7.92. The molecule has 1 N–H and O–H groups in total. The Morgan fingerprint density at radius 1 is 0.867 bits per heavy atom. The molecule has 0 saturated heterocycles. The van der Waals surface area contributed by atoms with Gasteiger partial charge in [-0.2, -0.15) is 31.4 Å². The Morgan fingerprint density at radius 2 is 1.40 bits per heavy atom. The first-order chi connectivity index (χ1) is 13.8. The summed E-state index contributed by atoms with van der Waals surface area (Å²) in [5, 5.41) is 4.10. The van der Waals surface area contributed by atoms with Gasteiger partial charge in [0.15, 0.2) is 0 Å². The maximum absolute atomic E-state index is 13.0. The molecule has 0 aliphatic carbocycles. The van der Waals surface area contributed by atoms with Gasteiger partial charge >= 0.3 is 12.4 Å². The Morgan fingerprint density at radius 3 is 1.90 bits per heavy atom. The van der Waals surface area contributed by atoms with Crippen LogP contribution in [0.25, 0.3) is 5.69 Å². The third-order valence-corrected chi connectivity index (χ3v) is 5.28. The number of halogens is 6. The van der Waals surface area contributed by atoms with Crippen LogP contribution < -0.4 is 4.72 Å². The topological polar surface area (TPSA) is 64.0 Å². The van der Waals surface area contributed by atoms with Gasteiger partial charge in [-0.25, -0.2) is 13.1 Å². The van der Waals surface area contributed by atoms with Crippen LogP contribution in [0, 0.1) is 6.92 Å². The average Bonchev–Trinajstić information content (AvgIpc) is 3.00. The quantitative estimate of drug-likeness (QED) is 0.569. The molecule has 0 bridgehead atoms. The summed E-state index contributed by atoms with van der Waals surface area (Å²) in [6.07, 6.45) is -10.3. The summed E-state index contributed by atoms with van der Waals surface area (Å²) in [5.74, 6) is -0.148. The van der Waals surface area contributed by atoms with E-state index in [9.17, 15) is 34.8 Å². The average molecular weight is 449 g/mol.